The number of rotatable bonds is 19. The molecule has 2 saturated carbocycles. The Morgan fingerprint density at radius 1 is 1.05 bits per heavy atom. The second-order valence-corrected chi connectivity index (χ2v) is 19.9. The van der Waals surface area contributed by atoms with E-state index in [2.05, 4.69) is 116 Å². The average molecular weight is 817 g/mol. The second kappa shape index (κ2) is 22.2. The van der Waals surface area contributed by atoms with Gasteiger partial charge in [0.25, 0.3) is 0 Å². The highest BCUT2D eigenvalue weighted by Crippen LogP contribution is 2.54. The standard InChI is InChI=1S/C49H76N4O4S/c1-34(2)29-42(45-43(54)31-48(3,4)32-44(45)55)51-28-17-16-27-41(50-5)46(56)53-47(57)52-33-36-19-10-7-15-26-40(36)35-20-18-25-39(30-35)49(58-6,37-21-11-8-12-22-37)38-23-13-9-14-24-38/h8,11-13,18,20-21,23,25,30,33-34,37-38,40-43,45,47,50-52,54,57H,7,9-10,14-17,19,22,24,26-29,31-32H2,1-6H3,(H,53,56)/b36-33+. The molecule has 58 heavy (non-hydrogen) atoms. The molecule has 322 valence electrons. The van der Waals surface area contributed by atoms with Gasteiger partial charge in [-0.1, -0.05) is 108 Å². The number of benzene rings is 1. The molecule has 4 aliphatic carbocycles. The van der Waals surface area contributed by atoms with Crippen LogP contribution in [-0.2, 0) is 14.3 Å². The number of nitrogens with one attached hydrogen (secondary N) is 4. The van der Waals surface area contributed by atoms with Crippen molar-refractivity contribution < 1.29 is 19.8 Å². The van der Waals surface area contributed by atoms with E-state index in [0.717, 1.165) is 51.4 Å². The van der Waals surface area contributed by atoms with Crippen molar-refractivity contribution >= 4 is 23.5 Å². The van der Waals surface area contributed by atoms with Gasteiger partial charge in [-0.2, -0.15) is 11.8 Å². The Morgan fingerprint density at radius 3 is 2.57 bits per heavy atom. The van der Waals surface area contributed by atoms with Gasteiger partial charge < -0.3 is 31.5 Å². The zero-order valence-corrected chi connectivity index (χ0v) is 37.3. The summed E-state index contributed by atoms with van der Waals surface area (Å²) >= 11 is 2.02. The van der Waals surface area contributed by atoms with Gasteiger partial charge in [-0.05, 0) is 130 Å². The third kappa shape index (κ3) is 12.2. The molecule has 0 aliphatic heterocycles. The van der Waals surface area contributed by atoms with E-state index in [1.807, 2.05) is 18.0 Å². The van der Waals surface area contributed by atoms with Crippen molar-refractivity contribution in [2.24, 2.45) is 29.1 Å². The van der Waals surface area contributed by atoms with E-state index in [1.165, 1.54) is 42.4 Å². The second-order valence-electron chi connectivity index (χ2n) is 18.8. The van der Waals surface area contributed by atoms with Gasteiger partial charge in [-0.3, -0.25) is 9.59 Å². The van der Waals surface area contributed by atoms with Crippen molar-refractivity contribution in [2.75, 3.05) is 19.8 Å². The van der Waals surface area contributed by atoms with Crippen molar-refractivity contribution in [1.82, 2.24) is 21.3 Å². The molecule has 0 bridgehead atoms. The van der Waals surface area contributed by atoms with Gasteiger partial charge in [0.1, 0.15) is 5.78 Å². The number of amides is 1. The van der Waals surface area contributed by atoms with Gasteiger partial charge in [0.2, 0.25) is 12.3 Å². The zero-order chi connectivity index (χ0) is 41.7. The number of likely N-dealkylation sites (N-methyl/N-ethyl adjacent to an activating group) is 1. The predicted molar refractivity (Wildman–Crippen MR) is 241 cm³/mol. The van der Waals surface area contributed by atoms with Crippen LogP contribution in [0.3, 0.4) is 0 Å². The molecule has 0 radical (unpaired) electrons. The summed E-state index contributed by atoms with van der Waals surface area (Å²) in [6.45, 7) is 9.14. The summed E-state index contributed by atoms with van der Waals surface area (Å²) in [5.41, 5.74) is 3.86. The number of ketones is 1. The number of carbonyl (C=O) groups is 2. The first-order chi connectivity index (χ1) is 27.9. The molecule has 4 aliphatic rings. The summed E-state index contributed by atoms with van der Waals surface area (Å²) in [6.07, 6.45) is 30.8. The zero-order valence-electron chi connectivity index (χ0n) is 36.5. The van der Waals surface area contributed by atoms with Crippen molar-refractivity contribution in [3.63, 3.8) is 0 Å². The maximum Gasteiger partial charge on any atom is 0.240 e. The highest BCUT2D eigenvalue weighted by atomic mass is 32.2. The minimum absolute atomic E-state index is 0.0470. The van der Waals surface area contributed by atoms with Crippen molar-refractivity contribution in [1.29, 1.82) is 0 Å². The van der Waals surface area contributed by atoms with E-state index in [4.69, 9.17) is 0 Å². The number of hydrogen-bond donors (Lipinski definition) is 6. The molecule has 9 atom stereocenters. The van der Waals surface area contributed by atoms with E-state index in [1.54, 1.807) is 7.05 Å². The lowest BCUT2D eigenvalue weighted by Crippen LogP contribution is -2.52. The van der Waals surface area contributed by atoms with E-state index >= 15 is 0 Å². The summed E-state index contributed by atoms with van der Waals surface area (Å²) in [7, 11) is 1.78. The maximum absolute atomic E-state index is 13.3. The number of aliphatic hydroxyl groups excluding tert-OH is 2. The average Bonchev–Trinajstić information content (AvgIpc) is 3.44. The predicted octanol–water partition coefficient (Wildman–Crippen LogP) is 8.78. The number of thioether (sulfide) groups is 1. The van der Waals surface area contributed by atoms with Crippen LogP contribution in [0.2, 0.25) is 0 Å². The van der Waals surface area contributed by atoms with Crippen molar-refractivity contribution in [3.8, 4) is 0 Å². The first-order valence-electron chi connectivity index (χ1n) is 22.6. The van der Waals surface area contributed by atoms with Gasteiger partial charge >= 0.3 is 0 Å². The van der Waals surface area contributed by atoms with Crippen molar-refractivity contribution in [3.05, 3.63) is 83.6 Å². The molecule has 9 heteroatoms. The van der Waals surface area contributed by atoms with Crippen LogP contribution in [0, 0.1) is 29.1 Å². The Labute approximate surface area is 355 Å². The molecule has 6 N–H and O–H groups in total. The summed E-state index contributed by atoms with van der Waals surface area (Å²) in [5, 5.41) is 34.7. The highest BCUT2D eigenvalue weighted by Gasteiger charge is 2.45. The molecule has 0 aromatic heterocycles. The van der Waals surface area contributed by atoms with E-state index < -0.39 is 18.5 Å². The van der Waals surface area contributed by atoms with Gasteiger partial charge in [0, 0.05) is 24.6 Å². The fraction of sp³-hybridized carbons (Fsp3) is 0.673. The van der Waals surface area contributed by atoms with E-state index in [0.29, 0.717) is 43.6 Å². The summed E-state index contributed by atoms with van der Waals surface area (Å²) in [6, 6.07) is 8.89. The maximum atomic E-state index is 13.3. The Bertz CT molecular complexity index is 1600. The summed E-state index contributed by atoms with van der Waals surface area (Å²) < 4.78 is -0.0470. The Kier molecular flexibility index (Phi) is 17.8. The lowest BCUT2D eigenvalue weighted by atomic mass is 9.67. The Morgan fingerprint density at radius 2 is 1.88 bits per heavy atom. The van der Waals surface area contributed by atoms with Gasteiger partial charge in [-0.15, -0.1) is 0 Å². The van der Waals surface area contributed by atoms with Crippen LogP contribution in [0.4, 0.5) is 0 Å². The van der Waals surface area contributed by atoms with Gasteiger partial charge in [0.15, 0.2) is 0 Å². The molecule has 0 heterocycles. The molecule has 9 unspecified atom stereocenters. The summed E-state index contributed by atoms with van der Waals surface area (Å²) in [5.74, 6) is 1.07. The molecule has 0 spiro atoms. The molecule has 1 aromatic rings. The number of aliphatic hydroxyl groups is 2. The Balaban J connectivity index is 1.18. The molecular formula is C49H76N4O4S. The third-order valence-corrected chi connectivity index (χ3v) is 14.9. The fourth-order valence-electron chi connectivity index (χ4n) is 10.5. The number of carbonyl (C=O) groups excluding carboxylic acids is 2. The van der Waals surface area contributed by atoms with Crippen molar-refractivity contribution in [2.45, 2.75) is 159 Å². The van der Waals surface area contributed by atoms with E-state index in [-0.39, 0.29) is 39.7 Å². The van der Waals surface area contributed by atoms with Crippen LogP contribution < -0.4 is 21.3 Å². The van der Waals surface area contributed by atoms with Crippen LogP contribution in [0.25, 0.3) is 0 Å². The lowest BCUT2D eigenvalue weighted by Gasteiger charge is -2.45. The first kappa shape index (κ1) is 46.4. The van der Waals surface area contributed by atoms with Crippen LogP contribution in [0.15, 0.2) is 72.5 Å². The first-order valence-corrected chi connectivity index (χ1v) is 23.8. The molecule has 5 rings (SSSR count). The number of allylic oxidation sites excluding steroid dienone is 7. The van der Waals surface area contributed by atoms with Gasteiger partial charge in [-0.25, -0.2) is 0 Å². The normalized spacial score (nSPS) is 28.1. The monoisotopic (exact) mass is 817 g/mol. The molecular weight excluding hydrogens is 741 g/mol. The molecule has 8 nitrogen and oxygen atoms in total. The van der Waals surface area contributed by atoms with Crippen LogP contribution in [-0.4, -0.2) is 66.3 Å². The number of unbranched alkanes of at least 4 members (excludes halogenated alkanes) is 1. The number of Topliss-reactive ketones (excluding diaryl/α,β-unsaturated/α-hetero) is 1. The quantitative estimate of drug-likeness (QED) is 0.0355. The highest BCUT2D eigenvalue weighted by molar-refractivity contribution is 7.99. The van der Waals surface area contributed by atoms with Crippen LogP contribution >= 0.6 is 11.8 Å². The summed E-state index contributed by atoms with van der Waals surface area (Å²) in [4.78, 5) is 26.5. The molecule has 1 aromatic carbocycles. The van der Waals surface area contributed by atoms with Crippen LogP contribution in [0.5, 0.6) is 0 Å². The SMILES string of the molecule is CNC(CCCCNC(CC(C)C)C1C(=O)CC(C)(C)CC1O)C(=O)NC(O)N/C=C1\CCCCCC1c1cccc(C(SC)(C2C=CC=CC2)C2C=CCCC2)c1. The number of hydrogen-bond acceptors (Lipinski definition) is 8. The molecule has 0 saturated heterocycles. The van der Waals surface area contributed by atoms with Gasteiger partial charge in [0.05, 0.1) is 22.8 Å². The van der Waals surface area contributed by atoms with Crippen LogP contribution in [0.1, 0.15) is 141 Å². The molecule has 1 amide bonds. The molecule has 2 fully saturated rings. The van der Waals surface area contributed by atoms with E-state index in [9.17, 15) is 19.8 Å². The minimum atomic E-state index is -1.21. The smallest absolute Gasteiger partial charge is 0.240 e. The topological polar surface area (TPSA) is 123 Å². The minimum Gasteiger partial charge on any atom is -0.392 e. The fourth-order valence-corrected chi connectivity index (χ4v) is 11.9. The third-order valence-electron chi connectivity index (χ3n) is 13.4. The Hall–Kier alpha value is -2.69. The lowest BCUT2D eigenvalue weighted by molar-refractivity contribution is -0.136. The largest absolute Gasteiger partial charge is 0.392 e.